The summed E-state index contributed by atoms with van der Waals surface area (Å²) in [5, 5.41) is 12.1. The van der Waals surface area contributed by atoms with Crippen molar-refractivity contribution in [2.45, 2.75) is 18.1 Å². The van der Waals surface area contributed by atoms with Crippen molar-refractivity contribution in [2.75, 3.05) is 33.1 Å². The van der Waals surface area contributed by atoms with E-state index in [2.05, 4.69) is 22.1 Å². The van der Waals surface area contributed by atoms with Crippen molar-refractivity contribution in [1.29, 1.82) is 0 Å². The molecule has 1 heterocycles. The van der Waals surface area contributed by atoms with Gasteiger partial charge in [0.05, 0.1) is 12.9 Å². The molecule has 7 nitrogen and oxygen atoms in total. The number of carbonyl (C=O) groups is 1. The molecule has 0 radical (unpaired) electrons. The van der Waals surface area contributed by atoms with Crippen LogP contribution in [0.25, 0.3) is 11.4 Å². The number of nitrogens with one attached hydrogen (secondary N) is 1. The minimum Gasteiger partial charge on any atom is -0.497 e. The second-order valence-corrected chi connectivity index (χ2v) is 6.36. The molecule has 0 aliphatic rings. The number of amides is 1. The SMILES string of the molecule is C=CCn1c(SCC(=O)NCCCOC)nnc1-c1ccc(OC)cc1. The van der Waals surface area contributed by atoms with E-state index < -0.39 is 0 Å². The number of carbonyl (C=O) groups excluding carboxylic acids is 1. The topological polar surface area (TPSA) is 78.3 Å². The largest absolute Gasteiger partial charge is 0.497 e. The molecule has 1 amide bonds. The van der Waals surface area contributed by atoms with Crippen molar-refractivity contribution in [3.8, 4) is 17.1 Å². The Kier molecular flexibility index (Phi) is 8.17. The average molecular weight is 376 g/mol. The summed E-state index contributed by atoms with van der Waals surface area (Å²) in [6.45, 7) is 5.59. The molecule has 26 heavy (non-hydrogen) atoms. The first-order valence-corrected chi connectivity index (χ1v) is 9.25. The molecular weight excluding hydrogens is 352 g/mol. The van der Waals surface area contributed by atoms with Gasteiger partial charge in [-0.25, -0.2) is 0 Å². The lowest BCUT2D eigenvalue weighted by atomic mass is 10.2. The minimum absolute atomic E-state index is 0.0368. The fourth-order valence-corrected chi connectivity index (χ4v) is 3.05. The molecule has 1 aromatic heterocycles. The van der Waals surface area contributed by atoms with E-state index in [0.29, 0.717) is 24.9 Å². The normalized spacial score (nSPS) is 10.5. The van der Waals surface area contributed by atoms with Crippen LogP contribution in [-0.4, -0.2) is 53.8 Å². The quantitative estimate of drug-likeness (QED) is 0.369. The van der Waals surface area contributed by atoms with Crippen LogP contribution in [0.5, 0.6) is 5.75 Å². The average Bonchev–Trinajstić information content (AvgIpc) is 3.06. The van der Waals surface area contributed by atoms with Crippen molar-refractivity contribution in [3.05, 3.63) is 36.9 Å². The summed E-state index contributed by atoms with van der Waals surface area (Å²) in [6, 6.07) is 7.61. The zero-order valence-electron chi connectivity index (χ0n) is 15.1. The first-order chi connectivity index (χ1) is 12.7. The van der Waals surface area contributed by atoms with E-state index in [9.17, 15) is 4.79 Å². The van der Waals surface area contributed by atoms with Crippen molar-refractivity contribution in [3.63, 3.8) is 0 Å². The van der Waals surface area contributed by atoms with Gasteiger partial charge in [0.15, 0.2) is 11.0 Å². The number of benzene rings is 1. The van der Waals surface area contributed by atoms with Crippen LogP contribution < -0.4 is 10.1 Å². The first-order valence-electron chi connectivity index (χ1n) is 8.26. The van der Waals surface area contributed by atoms with Gasteiger partial charge in [-0.3, -0.25) is 9.36 Å². The molecule has 2 rings (SSSR count). The smallest absolute Gasteiger partial charge is 0.230 e. The molecule has 0 bridgehead atoms. The number of rotatable bonds is 11. The van der Waals surface area contributed by atoms with Gasteiger partial charge >= 0.3 is 0 Å². The Morgan fingerprint density at radius 2 is 2.08 bits per heavy atom. The summed E-state index contributed by atoms with van der Waals surface area (Å²) in [5.41, 5.74) is 0.927. The summed E-state index contributed by atoms with van der Waals surface area (Å²) in [4.78, 5) is 11.9. The van der Waals surface area contributed by atoms with E-state index in [1.165, 1.54) is 11.8 Å². The van der Waals surface area contributed by atoms with Gasteiger partial charge < -0.3 is 14.8 Å². The van der Waals surface area contributed by atoms with Gasteiger partial charge in [0, 0.05) is 32.4 Å². The van der Waals surface area contributed by atoms with Crippen LogP contribution in [-0.2, 0) is 16.1 Å². The zero-order valence-corrected chi connectivity index (χ0v) is 15.9. The molecule has 0 aliphatic carbocycles. The molecule has 8 heteroatoms. The van der Waals surface area contributed by atoms with E-state index in [-0.39, 0.29) is 11.7 Å². The van der Waals surface area contributed by atoms with E-state index in [1.807, 2.05) is 28.8 Å². The molecule has 0 spiro atoms. The van der Waals surface area contributed by atoms with Crippen molar-refractivity contribution < 1.29 is 14.3 Å². The third-order valence-corrected chi connectivity index (χ3v) is 4.52. The lowest BCUT2D eigenvalue weighted by Crippen LogP contribution is -2.27. The van der Waals surface area contributed by atoms with Crippen LogP contribution in [0.15, 0.2) is 42.1 Å². The monoisotopic (exact) mass is 376 g/mol. The van der Waals surface area contributed by atoms with Gasteiger partial charge in [-0.05, 0) is 30.7 Å². The highest BCUT2D eigenvalue weighted by atomic mass is 32.2. The maximum Gasteiger partial charge on any atom is 0.230 e. The Morgan fingerprint density at radius 1 is 1.31 bits per heavy atom. The maximum absolute atomic E-state index is 11.9. The Hall–Kier alpha value is -2.32. The zero-order chi connectivity index (χ0) is 18.8. The lowest BCUT2D eigenvalue weighted by molar-refractivity contribution is -0.118. The Labute approximate surface area is 157 Å². The van der Waals surface area contributed by atoms with Gasteiger partial charge in [-0.15, -0.1) is 16.8 Å². The summed E-state index contributed by atoms with van der Waals surface area (Å²) in [6.07, 6.45) is 2.58. The fourth-order valence-electron chi connectivity index (χ4n) is 2.27. The Bertz CT molecular complexity index is 716. The molecule has 0 saturated heterocycles. The Morgan fingerprint density at radius 3 is 2.73 bits per heavy atom. The highest BCUT2D eigenvalue weighted by Crippen LogP contribution is 2.25. The molecule has 0 saturated carbocycles. The van der Waals surface area contributed by atoms with Crippen molar-refractivity contribution in [1.82, 2.24) is 20.1 Å². The van der Waals surface area contributed by atoms with Crippen LogP contribution in [0, 0.1) is 0 Å². The molecule has 2 aromatic rings. The van der Waals surface area contributed by atoms with E-state index in [0.717, 1.165) is 23.6 Å². The second-order valence-electron chi connectivity index (χ2n) is 5.42. The Balaban J connectivity index is 2.03. The lowest BCUT2D eigenvalue weighted by Gasteiger charge is -2.08. The fraction of sp³-hybridized carbons (Fsp3) is 0.389. The molecule has 0 unspecified atom stereocenters. The predicted molar refractivity (Wildman–Crippen MR) is 102 cm³/mol. The number of nitrogens with zero attached hydrogens (tertiary/aromatic N) is 3. The second kappa shape index (κ2) is 10.6. The van der Waals surface area contributed by atoms with Gasteiger partial charge in [0.25, 0.3) is 0 Å². The maximum atomic E-state index is 11.9. The van der Waals surface area contributed by atoms with Gasteiger partial charge in [0.1, 0.15) is 5.75 Å². The number of hydrogen-bond acceptors (Lipinski definition) is 6. The summed E-state index contributed by atoms with van der Waals surface area (Å²) < 4.78 is 12.1. The molecular formula is C18H24N4O3S. The number of aromatic nitrogens is 3. The third-order valence-electron chi connectivity index (χ3n) is 3.56. The van der Waals surface area contributed by atoms with E-state index >= 15 is 0 Å². The van der Waals surface area contributed by atoms with Crippen molar-refractivity contribution >= 4 is 17.7 Å². The minimum atomic E-state index is -0.0368. The predicted octanol–water partition coefficient (Wildman–Crippen LogP) is 2.38. The number of hydrogen-bond donors (Lipinski definition) is 1. The third kappa shape index (κ3) is 5.60. The highest BCUT2D eigenvalue weighted by Gasteiger charge is 2.15. The van der Waals surface area contributed by atoms with E-state index in [4.69, 9.17) is 9.47 Å². The molecule has 0 atom stereocenters. The number of thioether (sulfide) groups is 1. The van der Waals surface area contributed by atoms with Gasteiger partial charge in [-0.1, -0.05) is 17.8 Å². The highest BCUT2D eigenvalue weighted by molar-refractivity contribution is 7.99. The summed E-state index contributed by atoms with van der Waals surface area (Å²) in [7, 11) is 3.27. The molecule has 0 aliphatic heterocycles. The molecule has 140 valence electrons. The number of ether oxygens (including phenoxy) is 2. The number of allylic oxidation sites excluding steroid dienone is 1. The summed E-state index contributed by atoms with van der Waals surface area (Å²) in [5.74, 6) is 1.76. The molecule has 0 fully saturated rings. The molecule has 1 N–H and O–H groups in total. The van der Waals surface area contributed by atoms with Crippen LogP contribution in [0.3, 0.4) is 0 Å². The van der Waals surface area contributed by atoms with Crippen LogP contribution in [0.4, 0.5) is 0 Å². The van der Waals surface area contributed by atoms with Crippen LogP contribution >= 0.6 is 11.8 Å². The number of methoxy groups -OCH3 is 2. The van der Waals surface area contributed by atoms with Crippen LogP contribution in [0.2, 0.25) is 0 Å². The van der Waals surface area contributed by atoms with Crippen molar-refractivity contribution in [2.24, 2.45) is 0 Å². The standard InChI is InChI=1S/C18H24N4O3S/c1-4-11-22-17(14-6-8-15(25-3)9-7-14)20-21-18(22)26-13-16(23)19-10-5-12-24-2/h4,6-9H,1,5,10-13H2,2-3H3,(H,19,23). The van der Waals surface area contributed by atoms with Gasteiger partial charge in [0.2, 0.25) is 5.91 Å². The molecule has 1 aromatic carbocycles. The van der Waals surface area contributed by atoms with E-state index in [1.54, 1.807) is 20.3 Å². The van der Waals surface area contributed by atoms with Crippen LogP contribution in [0.1, 0.15) is 6.42 Å². The van der Waals surface area contributed by atoms with Gasteiger partial charge in [-0.2, -0.15) is 0 Å². The first kappa shape index (κ1) is 20.0. The summed E-state index contributed by atoms with van der Waals surface area (Å²) >= 11 is 1.36.